The molecule has 0 spiro atoms. The first-order valence-corrected chi connectivity index (χ1v) is 9.57. The molecule has 0 bridgehead atoms. The second kappa shape index (κ2) is 7.45. The Kier molecular flexibility index (Phi) is 5.81. The molecule has 0 saturated heterocycles. The Morgan fingerprint density at radius 3 is 2.43 bits per heavy atom. The van der Waals surface area contributed by atoms with Gasteiger partial charge in [-0.25, -0.2) is 8.42 Å². The molecule has 1 saturated carbocycles. The minimum absolute atomic E-state index is 0.153. The fourth-order valence-corrected chi connectivity index (χ4v) is 4.09. The zero-order valence-corrected chi connectivity index (χ0v) is 14.9. The van der Waals surface area contributed by atoms with E-state index >= 15 is 0 Å². The molecule has 2 rings (SSSR count). The Balaban J connectivity index is 1.98. The fourth-order valence-electron chi connectivity index (χ4n) is 2.96. The quantitative estimate of drug-likeness (QED) is 0.896. The van der Waals surface area contributed by atoms with Crippen molar-refractivity contribution in [1.82, 2.24) is 9.62 Å². The molecule has 1 N–H and O–H groups in total. The molecule has 0 aliphatic heterocycles. The van der Waals surface area contributed by atoms with Gasteiger partial charge in [0.25, 0.3) is 0 Å². The van der Waals surface area contributed by atoms with Crippen molar-refractivity contribution in [3.8, 4) is 0 Å². The lowest BCUT2D eigenvalue weighted by Gasteiger charge is -2.30. The van der Waals surface area contributed by atoms with E-state index < -0.39 is 10.0 Å². The topological polar surface area (TPSA) is 66.5 Å². The lowest BCUT2D eigenvalue weighted by Crippen LogP contribution is -2.46. The highest BCUT2D eigenvalue weighted by Gasteiger charge is 2.26. The monoisotopic (exact) mass is 338 g/mol. The first-order chi connectivity index (χ1) is 10.8. The van der Waals surface area contributed by atoms with Gasteiger partial charge >= 0.3 is 0 Å². The largest absolute Gasteiger partial charge is 0.352 e. The van der Waals surface area contributed by atoms with E-state index in [-0.39, 0.29) is 23.4 Å². The Hall–Kier alpha value is -1.40. The van der Waals surface area contributed by atoms with Crippen molar-refractivity contribution in [2.75, 3.05) is 13.6 Å². The maximum absolute atomic E-state index is 12.5. The van der Waals surface area contributed by atoms with Gasteiger partial charge in [0.15, 0.2) is 0 Å². The predicted octanol–water partition coefficient (Wildman–Crippen LogP) is 2.31. The van der Waals surface area contributed by atoms with Crippen molar-refractivity contribution in [2.45, 2.75) is 50.5 Å². The number of sulfonamides is 1. The van der Waals surface area contributed by atoms with Crippen LogP contribution in [-0.2, 0) is 14.8 Å². The van der Waals surface area contributed by atoms with E-state index in [9.17, 15) is 13.2 Å². The van der Waals surface area contributed by atoms with Crippen LogP contribution in [0.1, 0.15) is 38.2 Å². The van der Waals surface area contributed by atoms with Gasteiger partial charge in [0, 0.05) is 13.1 Å². The predicted molar refractivity (Wildman–Crippen MR) is 90.6 cm³/mol. The highest BCUT2D eigenvalue weighted by molar-refractivity contribution is 7.89. The Bertz CT molecular complexity index is 640. The summed E-state index contributed by atoms with van der Waals surface area (Å²) in [5, 5.41) is 2.99. The molecule has 0 unspecified atom stereocenters. The molecule has 0 radical (unpaired) electrons. The number of hydrogen-bond donors (Lipinski definition) is 1. The molecule has 6 heteroatoms. The van der Waals surface area contributed by atoms with Crippen molar-refractivity contribution >= 4 is 15.9 Å². The van der Waals surface area contributed by atoms with Gasteiger partial charge in [0.1, 0.15) is 0 Å². The molecule has 5 nitrogen and oxygen atoms in total. The highest BCUT2D eigenvalue weighted by Crippen LogP contribution is 2.23. The van der Waals surface area contributed by atoms with Crippen LogP contribution in [0, 0.1) is 12.8 Å². The van der Waals surface area contributed by atoms with Crippen LogP contribution in [0.4, 0.5) is 0 Å². The molecule has 2 atom stereocenters. The van der Waals surface area contributed by atoms with Gasteiger partial charge in [0.05, 0.1) is 11.4 Å². The second-order valence-electron chi connectivity index (χ2n) is 6.51. The van der Waals surface area contributed by atoms with Crippen molar-refractivity contribution in [2.24, 2.45) is 5.92 Å². The lowest BCUT2D eigenvalue weighted by molar-refractivity contribution is -0.122. The van der Waals surface area contributed by atoms with Crippen LogP contribution < -0.4 is 5.32 Å². The molecule has 1 aromatic rings. The van der Waals surface area contributed by atoms with Gasteiger partial charge in [-0.2, -0.15) is 4.31 Å². The molecule has 0 aromatic heterocycles. The first kappa shape index (κ1) is 17.9. The van der Waals surface area contributed by atoms with Gasteiger partial charge in [-0.15, -0.1) is 0 Å². The van der Waals surface area contributed by atoms with E-state index in [0.717, 1.165) is 29.1 Å². The number of amides is 1. The third kappa shape index (κ3) is 4.54. The summed E-state index contributed by atoms with van der Waals surface area (Å²) in [6.45, 7) is 3.88. The van der Waals surface area contributed by atoms with Crippen molar-refractivity contribution < 1.29 is 13.2 Å². The standard InChI is InChI=1S/C17H26N2O3S/c1-13-8-10-15(11-9-13)23(21,22)19(3)12-17(20)18-16-7-5-4-6-14(16)2/h8-11,14,16H,4-7,12H2,1-3H3,(H,18,20)/t14-,16+/m0/s1. The summed E-state index contributed by atoms with van der Waals surface area (Å²) in [7, 11) is -2.19. The van der Waals surface area contributed by atoms with Crippen LogP contribution in [0.5, 0.6) is 0 Å². The van der Waals surface area contributed by atoms with Crippen LogP contribution in [0.3, 0.4) is 0 Å². The van der Waals surface area contributed by atoms with Gasteiger partial charge < -0.3 is 5.32 Å². The van der Waals surface area contributed by atoms with Crippen LogP contribution in [0.2, 0.25) is 0 Å². The SMILES string of the molecule is Cc1ccc(S(=O)(=O)N(C)CC(=O)N[C@@H]2CCCC[C@@H]2C)cc1. The number of nitrogens with one attached hydrogen (secondary N) is 1. The van der Waals surface area contributed by atoms with Gasteiger partial charge in [-0.3, -0.25) is 4.79 Å². The number of carbonyl (C=O) groups is 1. The van der Waals surface area contributed by atoms with E-state index in [0.29, 0.717) is 5.92 Å². The van der Waals surface area contributed by atoms with Crippen molar-refractivity contribution in [3.63, 3.8) is 0 Å². The molecule has 1 aliphatic rings. The zero-order valence-electron chi connectivity index (χ0n) is 14.1. The van der Waals surface area contributed by atoms with Gasteiger partial charge in [-0.05, 0) is 37.8 Å². The fraction of sp³-hybridized carbons (Fsp3) is 0.588. The number of carbonyl (C=O) groups excluding carboxylic acids is 1. The summed E-state index contributed by atoms with van der Waals surface area (Å²) >= 11 is 0. The minimum Gasteiger partial charge on any atom is -0.352 e. The molecule has 1 amide bonds. The smallest absolute Gasteiger partial charge is 0.243 e. The highest BCUT2D eigenvalue weighted by atomic mass is 32.2. The van der Waals surface area contributed by atoms with Crippen LogP contribution in [0.25, 0.3) is 0 Å². The second-order valence-corrected chi connectivity index (χ2v) is 8.55. The van der Waals surface area contributed by atoms with Crippen LogP contribution in [-0.4, -0.2) is 38.3 Å². The number of likely N-dealkylation sites (N-methyl/N-ethyl adjacent to an activating group) is 1. The van der Waals surface area contributed by atoms with Gasteiger partial charge in [0.2, 0.25) is 15.9 Å². The number of nitrogens with zero attached hydrogens (tertiary/aromatic N) is 1. The van der Waals surface area contributed by atoms with Gasteiger partial charge in [-0.1, -0.05) is 37.5 Å². The van der Waals surface area contributed by atoms with Crippen LogP contribution >= 0.6 is 0 Å². The number of benzene rings is 1. The normalized spacial score (nSPS) is 22.1. The maximum atomic E-state index is 12.5. The summed E-state index contributed by atoms with van der Waals surface area (Å²) in [4.78, 5) is 12.4. The minimum atomic E-state index is -3.63. The molecule has 128 valence electrons. The summed E-state index contributed by atoms with van der Waals surface area (Å²) < 4.78 is 26.1. The third-order valence-corrected chi connectivity index (χ3v) is 6.37. The van der Waals surface area contributed by atoms with Crippen LogP contribution in [0.15, 0.2) is 29.2 Å². The molecule has 1 aromatic carbocycles. The Morgan fingerprint density at radius 2 is 1.83 bits per heavy atom. The van der Waals surface area contributed by atoms with E-state index in [1.807, 2.05) is 6.92 Å². The number of aryl methyl sites for hydroxylation is 1. The third-order valence-electron chi connectivity index (χ3n) is 4.55. The summed E-state index contributed by atoms with van der Waals surface area (Å²) in [5.74, 6) is 0.216. The zero-order chi connectivity index (χ0) is 17.0. The Labute approximate surface area is 139 Å². The number of hydrogen-bond acceptors (Lipinski definition) is 3. The molecule has 1 fully saturated rings. The Morgan fingerprint density at radius 1 is 1.22 bits per heavy atom. The van der Waals surface area contributed by atoms with E-state index in [4.69, 9.17) is 0 Å². The average Bonchev–Trinajstić information content (AvgIpc) is 2.50. The maximum Gasteiger partial charge on any atom is 0.243 e. The molecular formula is C17H26N2O3S. The van der Waals surface area contributed by atoms with E-state index in [1.165, 1.54) is 13.5 Å². The molecular weight excluding hydrogens is 312 g/mol. The molecule has 0 heterocycles. The number of rotatable bonds is 5. The summed E-state index contributed by atoms with van der Waals surface area (Å²) in [5.41, 5.74) is 0.996. The van der Waals surface area contributed by atoms with E-state index in [1.54, 1.807) is 24.3 Å². The summed E-state index contributed by atoms with van der Waals surface area (Å²) in [6.07, 6.45) is 4.41. The molecule has 1 aliphatic carbocycles. The average molecular weight is 338 g/mol. The van der Waals surface area contributed by atoms with Crippen molar-refractivity contribution in [1.29, 1.82) is 0 Å². The van der Waals surface area contributed by atoms with E-state index in [2.05, 4.69) is 12.2 Å². The lowest BCUT2D eigenvalue weighted by atomic mass is 9.86. The van der Waals surface area contributed by atoms with Crippen molar-refractivity contribution in [3.05, 3.63) is 29.8 Å². The summed E-state index contributed by atoms with van der Waals surface area (Å²) in [6, 6.07) is 6.81. The molecule has 23 heavy (non-hydrogen) atoms. The first-order valence-electron chi connectivity index (χ1n) is 8.13.